The number of rotatable bonds is 4. The Hall–Kier alpha value is -2.57. The van der Waals surface area contributed by atoms with Crippen LogP contribution in [0.4, 0.5) is 8.78 Å². The third-order valence-electron chi connectivity index (χ3n) is 5.19. The smallest absolute Gasteiger partial charge is 0.254 e. The molecule has 0 radical (unpaired) electrons. The molecule has 2 amide bonds. The number of carbonyl (C=O) groups is 2. The molecule has 5 nitrogen and oxygen atoms in total. The van der Waals surface area contributed by atoms with Crippen LogP contribution in [0.3, 0.4) is 0 Å². The molecule has 1 saturated heterocycles. The minimum atomic E-state index is -1.13. The van der Waals surface area contributed by atoms with E-state index in [1.807, 2.05) is 18.2 Å². The van der Waals surface area contributed by atoms with Crippen molar-refractivity contribution in [3.8, 4) is 0 Å². The van der Waals surface area contributed by atoms with Crippen LogP contribution < -0.4 is 5.32 Å². The Labute approximate surface area is 149 Å². The molecule has 0 bridgehead atoms. The highest BCUT2D eigenvalue weighted by molar-refractivity contribution is 5.98. The summed E-state index contributed by atoms with van der Waals surface area (Å²) in [6.07, 6.45) is 1.04. The lowest BCUT2D eigenvalue weighted by Crippen LogP contribution is -2.53. The zero-order chi connectivity index (χ0) is 18.3. The number of hydrogen-bond donors (Lipinski definition) is 1. The van der Waals surface area contributed by atoms with Gasteiger partial charge in [0.1, 0.15) is 12.8 Å². The molecular weight excluding hydrogens is 340 g/mol. The van der Waals surface area contributed by atoms with Crippen molar-refractivity contribution >= 4 is 22.7 Å². The molecule has 1 unspecified atom stereocenters. The second-order valence-electron chi connectivity index (χ2n) is 7.15. The maximum atomic E-state index is 13.7. The van der Waals surface area contributed by atoms with Crippen LogP contribution in [0.2, 0.25) is 0 Å². The summed E-state index contributed by atoms with van der Waals surface area (Å²) in [6.45, 7) is -0.365. The summed E-state index contributed by atoms with van der Waals surface area (Å²) in [5.41, 5.74) is 0.0676. The van der Waals surface area contributed by atoms with Gasteiger partial charge in [0.25, 0.3) is 5.91 Å². The van der Waals surface area contributed by atoms with Crippen molar-refractivity contribution in [3.63, 3.8) is 0 Å². The number of likely N-dealkylation sites (tertiary alicyclic amines) is 1. The lowest BCUT2D eigenvalue weighted by molar-refractivity contribution is -0.124. The molecule has 1 aromatic carbocycles. The molecule has 1 aliphatic carbocycles. The number of amides is 2. The first-order chi connectivity index (χ1) is 12.5. The molecule has 2 aliphatic rings. The average Bonchev–Trinajstić information content (AvgIpc) is 3.25. The van der Waals surface area contributed by atoms with E-state index < -0.39 is 30.2 Å². The molecule has 4 rings (SSSR count). The van der Waals surface area contributed by atoms with Crippen molar-refractivity contribution in [2.45, 2.75) is 24.6 Å². The molecule has 1 saturated carbocycles. The van der Waals surface area contributed by atoms with E-state index in [-0.39, 0.29) is 18.9 Å². The Kier molecular flexibility index (Phi) is 4.09. The summed E-state index contributed by atoms with van der Waals surface area (Å²) < 4.78 is 26.7. The molecule has 0 spiro atoms. The SMILES string of the molecule is O=C(NC1(CF)CCN(C(=O)c2ccc3cccnc3c2)C1)[C@@H]1C[C@H]1F. The third kappa shape index (κ3) is 3.02. The van der Waals surface area contributed by atoms with Gasteiger partial charge in [-0.15, -0.1) is 0 Å². The zero-order valence-electron chi connectivity index (χ0n) is 14.1. The van der Waals surface area contributed by atoms with Gasteiger partial charge in [-0.25, -0.2) is 8.78 Å². The van der Waals surface area contributed by atoms with Crippen LogP contribution >= 0.6 is 0 Å². The Bertz CT molecular complexity index is 875. The topological polar surface area (TPSA) is 62.3 Å². The molecule has 136 valence electrons. The summed E-state index contributed by atoms with van der Waals surface area (Å²) >= 11 is 0. The fraction of sp³-hybridized carbons (Fsp3) is 0.421. The van der Waals surface area contributed by atoms with Crippen molar-refractivity contribution in [1.82, 2.24) is 15.2 Å². The third-order valence-corrected chi connectivity index (χ3v) is 5.19. The predicted octanol–water partition coefficient (Wildman–Crippen LogP) is 2.26. The lowest BCUT2D eigenvalue weighted by atomic mass is 10.00. The number of nitrogens with zero attached hydrogens (tertiary/aromatic N) is 2. The highest BCUT2D eigenvalue weighted by Crippen LogP contribution is 2.35. The molecule has 1 aromatic heterocycles. The van der Waals surface area contributed by atoms with Crippen LogP contribution in [-0.2, 0) is 4.79 Å². The molecule has 2 fully saturated rings. The number of hydrogen-bond acceptors (Lipinski definition) is 3. The van der Waals surface area contributed by atoms with Gasteiger partial charge in [-0.2, -0.15) is 0 Å². The van der Waals surface area contributed by atoms with Gasteiger partial charge < -0.3 is 10.2 Å². The van der Waals surface area contributed by atoms with Crippen LogP contribution in [0, 0.1) is 5.92 Å². The number of halogens is 2. The van der Waals surface area contributed by atoms with Crippen LogP contribution in [0.15, 0.2) is 36.5 Å². The van der Waals surface area contributed by atoms with Crippen molar-refractivity contribution in [3.05, 3.63) is 42.1 Å². The largest absolute Gasteiger partial charge is 0.346 e. The number of fused-ring (bicyclic) bond motifs is 1. The van der Waals surface area contributed by atoms with Crippen molar-refractivity contribution in [2.75, 3.05) is 19.8 Å². The van der Waals surface area contributed by atoms with Crippen LogP contribution in [0.1, 0.15) is 23.2 Å². The van der Waals surface area contributed by atoms with E-state index in [4.69, 9.17) is 0 Å². The maximum absolute atomic E-state index is 13.7. The minimum Gasteiger partial charge on any atom is -0.346 e. The molecule has 1 N–H and O–H groups in total. The molecular formula is C19H19F2N3O2. The average molecular weight is 359 g/mol. The number of carbonyl (C=O) groups excluding carboxylic acids is 2. The van der Waals surface area contributed by atoms with E-state index in [2.05, 4.69) is 10.3 Å². The maximum Gasteiger partial charge on any atom is 0.254 e. The first-order valence-corrected chi connectivity index (χ1v) is 8.67. The summed E-state index contributed by atoms with van der Waals surface area (Å²) in [5, 5.41) is 3.57. The standard InChI is InChI=1S/C19H19F2N3O2/c20-10-19(23-17(25)14-9-15(14)21)5-7-24(11-19)18(26)13-4-3-12-2-1-6-22-16(12)8-13/h1-4,6,8,14-15H,5,7,9-11H2,(H,23,25)/t14-,15-,19?/m1/s1. The summed E-state index contributed by atoms with van der Waals surface area (Å²) in [4.78, 5) is 30.6. The second-order valence-corrected chi connectivity index (χ2v) is 7.15. The molecule has 2 heterocycles. The molecule has 7 heteroatoms. The van der Waals surface area contributed by atoms with E-state index in [9.17, 15) is 18.4 Å². The Balaban J connectivity index is 1.49. The lowest BCUT2D eigenvalue weighted by Gasteiger charge is -2.27. The van der Waals surface area contributed by atoms with Gasteiger partial charge in [0.2, 0.25) is 5.91 Å². The van der Waals surface area contributed by atoms with E-state index in [0.717, 1.165) is 5.39 Å². The van der Waals surface area contributed by atoms with Crippen LogP contribution in [0.25, 0.3) is 10.9 Å². The predicted molar refractivity (Wildman–Crippen MR) is 92.1 cm³/mol. The van der Waals surface area contributed by atoms with Gasteiger partial charge in [-0.05, 0) is 31.0 Å². The molecule has 26 heavy (non-hydrogen) atoms. The van der Waals surface area contributed by atoms with Crippen molar-refractivity contribution in [1.29, 1.82) is 0 Å². The molecule has 3 atom stereocenters. The zero-order valence-corrected chi connectivity index (χ0v) is 14.1. The summed E-state index contributed by atoms with van der Waals surface area (Å²) in [5.74, 6) is -1.36. The summed E-state index contributed by atoms with van der Waals surface area (Å²) in [7, 11) is 0. The minimum absolute atomic E-state index is 0.0814. The van der Waals surface area contributed by atoms with E-state index in [1.165, 1.54) is 4.90 Å². The van der Waals surface area contributed by atoms with Gasteiger partial charge in [0, 0.05) is 30.2 Å². The molecule has 1 aliphatic heterocycles. The fourth-order valence-electron chi connectivity index (χ4n) is 3.46. The monoisotopic (exact) mass is 359 g/mol. The van der Waals surface area contributed by atoms with Crippen molar-refractivity contribution in [2.24, 2.45) is 5.92 Å². The highest BCUT2D eigenvalue weighted by Gasteiger charge is 2.48. The number of pyridine rings is 1. The Morgan fingerprint density at radius 3 is 2.88 bits per heavy atom. The van der Waals surface area contributed by atoms with E-state index in [1.54, 1.807) is 18.3 Å². The molecule has 2 aromatic rings. The fourth-order valence-corrected chi connectivity index (χ4v) is 3.46. The van der Waals surface area contributed by atoms with Gasteiger partial charge >= 0.3 is 0 Å². The summed E-state index contributed by atoms with van der Waals surface area (Å²) in [6, 6.07) is 8.99. The van der Waals surface area contributed by atoms with Crippen LogP contribution in [-0.4, -0.2) is 53.2 Å². The number of alkyl halides is 2. The first kappa shape index (κ1) is 16.9. The quantitative estimate of drug-likeness (QED) is 0.911. The van der Waals surface area contributed by atoms with Crippen LogP contribution in [0.5, 0.6) is 0 Å². The van der Waals surface area contributed by atoms with Gasteiger partial charge in [-0.3, -0.25) is 14.6 Å². The van der Waals surface area contributed by atoms with Gasteiger partial charge in [-0.1, -0.05) is 12.1 Å². The van der Waals surface area contributed by atoms with Gasteiger partial charge in [0.15, 0.2) is 0 Å². The van der Waals surface area contributed by atoms with Crippen molar-refractivity contribution < 1.29 is 18.4 Å². The Morgan fingerprint density at radius 1 is 1.35 bits per heavy atom. The first-order valence-electron chi connectivity index (χ1n) is 8.67. The second kappa shape index (κ2) is 6.30. The normalized spacial score (nSPS) is 27.5. The number of nitrogens with one attached hydrogen (secondary N) is 1. The van der Waals surface area contributed by atoms with E-state index >= 15 is 0 Å². The van der Waals surface area contributed by atoms with Gasteiger partial charge in [0.05, 0.1) is 17.0 Å². The number of aromatic nitrogens is 1. The Morgan fingerprint density at radius 2 is 2.15 bits per heavy atom. The highest BCUT2D eigenvalue weighted by atomic mass is 19.1. The van der Waals surface area contributed by atoms with E-state index in [0.29, 0.717) is 24.0 Å². The number of benzene rings is 1.